The van der Waals surface area contributed by atoms with Gasteiger partial charge in [0, 0.05) is 18.4 Å². The zero-order chi connectivity index (χ0) is 10.3. The summed E-state index contributed by atoms with van der Waals surface area (Å²) in [5, 5.41) is 9.99. The summed E-state index contributed by atoms with van der Waals surface area (Å²) in [6.07, 6.45) is 10.3. The molecule has 3 saturated carbocycles. The first-order valence-corrected chi connectivity index (χ1v) is 6.61. The molecule has 3 aliphatic rings. The van der Waals surface area contributed by atoms with Crippen molar-refractivity contribution in [1.82, 2.24) is 0 Å². The van der Waals surface area contributed by atoms with Crippen LogP contribution in [0.25, 0.3) is 0 Å². The second kappa shape index (κ2) is 3.74. The van der Waals surface area contributed by atoms with Gasteiger partial charge in [0.1, 0.15) is 0 Å². The summed E-state index contributed by atoms with van der Waals surface area (Å²) in [6, 6.07) is 0. The Morgan fingerprint density at radius 2 is 1.87 bits per heavy atom. The molecule has 1 spiro atoms. The third kappa shape index (κ3) is 1.72. The highest BCUT2D eigenvalue weighted by molar-refractivity contribution is 5.05. The van der Waals surface area contributed by atoms with Crippen molar-refractivity contribution in [3.05, 3.63) is 0 Å². The van der Waals surface area contributed by atoms with E-state index in [4.69, 9.17) is 4.74 Å². The minimum Gasteiger partial charge on any atom is -0.392 e. The molecule has 0 aromatic heterocycles. The summed E-state index contributed by atoms with van der Waals surface area (Å²) in [4.78, 5) is 0. The van der Waals surface area contributed by atoms with Crippen molar-refractivity contribution in [2.24, 2.45) is 11.3 Å². The molecule has 0 aromatic carbocycles. The van der Waals surface area contributed by atoms with Gasteiger partial charge in [-0.05, 0) is 31.6 Å². The van der Waals surface area contributed by atoms with Crippen LogP contribution in [-0.2, 0) is 4.74 Å². The van der Waals surface area contributed by atoms with Crippen LogP contribution in [0.5, 0.6) is 0 Å². The molecule has 2 unspecified atom stereocenters. The Balaban J connectivity index is 1.57. The predicted molar refractivity (Wildman–Crippen MR) is 58.6 cm³/mol. The van der Waals surface area contributed by atoms with Crippen molar-refractivity contribution < 1.29 is 9.84 Å². The lowest BCUT2D eigenvalue weighted by Crippen LogP contribution is -2.59. The normalized spacial score (nSPS) is 39.0. The average Bonchev–Trinajstić information content (AvgIpc) is 3.09. The number of rotatable bonds is 3. The number of aliphatic hydroxyl groups excluding tert-OH is 1. The van der Waals surface area contributed by atoms with E-state index in [-0.39, 0.29) is 11.5 Å². The lowest BCUT2D eigenvalue weighted by molar-refractivity contribution is -0.207. The monoisotopic (exact) mass is 210 g/mol. The third-order valence-electron chi connectivity index (χ3n) is 4.76. The second-order valence-electron chi connectivity index (χ2n) is 5.81. The summed E-state index contributed by atoms with van der Waals surface area (Å²) >= 11 is 0. The first-order valence-electron chi connectivity index (χ1n) is 6.61. The van der Waals surface area contributed by atoms with E-state index < -0.39 is 0 Å². The van der Waals surface area contributed by atoms with E-state index in [9.17, 15) is 5.11 Å². The lowest BCUT2D eigenvalue weighted by Gasteiger charge is -2.55. The van der Waals surface area contributed by atoms with Gasteiger partial charge in [0.15, 0.2) is 0 Å². The first-order chi connectivity index (χ1) is 7.31. The van der Waals surface area contributed by atoms with Gasteiger partial charge in [-0.2, -0.15) is 0 Å². The van der Waals surface area contributed by atoms with Crippen LogP contribution in [0, 0.1) is 11.3 Å². The maximum Gasteiger partial charge on any atom is 0.0681 e. The highest BCUT2D eigenvalue weighted by Crippen LogP contribution is 2.53. The molecular weight excluding hydrogens is 188 g/mol. The van der Waals surface area contributed by atoms with Gasteiger partial charge in [0.05, 0.1) is 12.2 Å². The Morgan fingerprint density at radius 1 is 1.13 bits per heavy atom. The van der Waals surface area contributed by atoms with E-state index in [1.807, 2.05) is 0 Å². The Labute approximate surface area is 92.0 Å². The van der Waals surface area contributed by atoms with Gasteiger partial charge in [-0.3, -0.25) is 0 Å². The Hall–Kier alpha value is -0.0800. The van der Waals surface area contributed by atoms with Crippen LogP contribution >= 0.6 is 0 Å². The molecule has 15 heavy (non-hydrogen) atoms. The van der Waals surface area contributed by atoms with Crippen LogP contribution in [0.4, 0.5) is 0 Å². The molecule has 0 heterocycles. The molecule has 2 nitrogen and oxygen atoms in total. The smallest absolute Gasteiger partial charge is 0.0681 e. The van der Waals surface area contributed by atoms with E-state index >= 15 is 0 Å². The van der Waals surface area contributed by atoms with E-state index in [2.05, 4.69) is 0 Å². The quantitative estimate of drug-likeness (QED) is 0.775. The molecule has 2 atom stereocenters. The molecule has 3 fully saturated rings. The zero-order valence-electron chi connectivity index (χ0n) is 9.45. The van der Waals surface area contributed by atoms with Crippen molar-refractivity contribution in [3.8, 4) is 0 Å². The van der Waals surface area contributed by atoms with Crippen LogP contribution < -0.4 is 0 Å². The van der Waals surface area contributed by atoms with Crippen molar-refractivity contribution in [1.29, 1.82) is 0 Å². The van der Waals surface area contributed by atoms with Crippen LogP contribution in [0.2, 0.25) is 0 Å². The molecule has 3 rings (SSSR count). The summed E-state index contributed by atoms with van der Waals surface area (Å²) in [7, 11) is 0. The van der Waals surface area contributed by atoms with E-state index in [1.54, 1.807) is 0 Å². The summed E-state index contributed by atoms with van der Waals surface area (Å²) < 4.78 is 6.01. The van der Waals surface area contributed by atoms with Crippen molar-refractivity contribution in [2.75, 3.05) is 6.61 Å². The van der Waals surface area contributed by atoms with Crippen LogP contribution in [0.3, 0.4) is 0 Å². The van der Waals surface area contributed by atoms with E-state index in [1.165, 1.54) is 44.9 Å². The molecule has 0 aromatic rings. The molecular formula is C13H22O2. The average molecular weight is 210 g/mol. The van der Waals surface area contributed by atoms with Crippen molar-refractivity contribution >= 4 is 0 Å². The van der Waals surface area contributed by atoms with Gasteiger partial charge in [-0.15, -0.1) is 0 Å². The molecule has 0 bridgehead atoms. The molecule has 1 N–H and O–H groups in total. The minimum atomic E-state index is -0.0676. The Kier molecular flexibility index (Phi) is 2.52. The van der Waals surface area contributed by atoms with Gasteiger partial charge < -0.3 is 9.84 Å². The fourth-order valence-electron chi connectivity index (χ4n) is 3.36. The summed E-state index contributed by atoms with van der Waals surface area (Å²) in [5.41, 5.74) is 0.174. The maximum atomic E-state index is 9.99. The SMILES string of the molecule is OC1CC(OCC2CC2)C12CCCCC2. The zero-order valence-corrected chi connectivity index (χ0v) is 9.45. The first kappa shape index (κ1) is 10.1. The molecule has 0 saturated heterocycles. The molecule has 2 heteroatoms. The highest BCUT2D eigenvalue weighted by Gasteiger charge is 2.55. The molecule has 0 aliphatic heterocycles. The van der Waals surface area contributed by atoms with Crippen LogP contribution in [0.15, 0.2) is 0 Å². The maximum absolute atomic E-state index is 9.99. The largest absolute Gasteiger partial charge is 0.392 e. The topological polar surface area (TPSA) is 29.5 Å². The van der Waals surface area contributed by atoms with Gasteiger partial charge in [0.25, 0.3) is 0 Å². The predicted octanol–water partition coefficient (Wildman–Crippen LogP) is 2.50. The second-order valence-corrected chi connectivity index (χ2v) is 5.81. The van der Waals surface area contributed by atoms with Crippen LogP contribution in [0.1, 0.15) is 51.4 Å². The number of hydrogen-bond donors (Lipinski definition) is 1. The van der Waals surface area contributed by atoms with Gasteiger partial charge in [-0.1, -0.05) is 19.3 Å². The summed E-state index contributed by atoms with van der Waals surface area (Å²) in [5.74, 6) is 0.850. The standard InChI is InChI=1S/C13H22O2/c14-11-8-12(15-9-10-4-5-10)13(11)6-2-1-3-7-13/h10-12,14H,1-9H2. The van der Waals surface area contributed by atoms with E-state index in [0.717, 1.165) is 18.9 Å². The molecule has 0 amide bonds. The lowest BCUT2D eigenvalue weighted by atomic mass is 9.56. The van der Waals surface area contributed by atoms with Gasteiger partial charge in [-0.25, -0.2) is 0 Å². The van der Waals surface area contributed by atoms with E-state index in [0.29, 0.717) is 6.10 Å². The van der Waals surface area contributed by atoms with Gasteiger partial charge >= 0.3 is 0 Å². The summed E-state index contributed by atoms with van der Waals surface area (Å²) in [6.45, 7) is 0.957. The fraction of sp³-hybridized carbons (Fsp3) is 1.00. The number of aliphatic hydroxyl groups is 1. The number of hydrogen-bond acceptors (Lipinski definition) is 2. The third-order valence-corrected chi connectivity index (χ3v) is 4.76. The van der Waals surface area contributed by atoms with Crippen molar-refractivity contribution in [2.45, 2.75) is 63.6 Å². The Morgan fingerprint density at radius 3 is 2.47 bits per heavy atom. The molecule has 3 aliphatic carbocycles. The molecule has 86 valence electrons. The van der Waals surface area contributed by atoms with Crippen LogP contribution in [-0.4, -0.2) is 23.9 Å². The van der Waals surface area contributed by atoms with Crippen molar-refractivity contribution in [3.63, 3.8) is 0 Å². The fourth-order valence-corrected chi connectivity index (χ4v) is 3.36. The van der Waals surface area contributed by atoms with Gasteiger partial charge in [0.2, 0.25) is 0 Å². The number of ether oxygens (including phenoxy) is 1. The Bertz CT molecular complexity index is 229. The highest BCUT2D eigenvalue weighted by atomic mass is 16.5. The molecule has 0 radical (unpaired) electrons. The minimum absolute atomic E-state index is 0.0676.